The molecule has 0 radical (unpaired) electrons. The van der Waals surface area contributed by atoms with Crippen molar-refractivity contribution in [2.45, 2.75) is 73.1 Å². The van der Waals surface area contributed by atoms with E-state index in [1.54, 1.807) is 37.2 Å². The van der Waals surface area contributed by atoms with Gasteiger partial charge in [-0.05, 0) is 136 Å². The van der Waals surface area contributed by atoms with Crippen molar-refractivity contribution in [2.24, 2.45) is 5.92 Å². The van der Waals surface area contributed by atoms with E-state index in [1.165, 1.54) is 11.1 Å². The molecule has 12 aromatic rings. The Morgan fingerprint density at radius 1 is 0.462 bits per heavy atom. The molecule has 0 unspecified atom stereocenters. The number of fused-ring (bicyclic) bond motifs is 6. The van der Waals surface area contributed by atoms with Crippen molar-refractivity contribution in [3.63, 3.8) is 0 Å². The Morgan fingerprint density at radius 3 is 1.36 bits per heavy atom. The van der Waals surface area contributed by atoms with E-state index in [-0.39, 0.29) is 42.1 Å². The van der Waals surface area contributed by atoms with E-state index in [4.69, 9.17) is 24.4 Å². The van der Waals surface area contributed by atoms with Crippen LogP contribution in [0.1, 0.15) is 82.6 Å². The van der Waals surface area contributed by atoms with Gasteiger partial charge < -0.3 is 38.5 Å². The number of para-hydroxylation sites is 2. The summed E-state index contributed by atoms with van der Waals surface area (Å²) >= 11 is 0. The Kier molecular flexibility index (Phi) is 17.1. The first kappa shape index (κ1) is 55.0. The van der Waals surface area contributed by atoms with Gasteiger partial charge in [0.1, 0.15) is 11.6 Å². The number of benzene rings is 2. The molecule has 0 spiro atoms. The first-order valence-corrected chi connectivity index (χ1v) is 25.6. The molecule has 12 rings (SSSR count). The molecule has 0 aliphatic heterocycles. The van der Waals surface area contributed by atoms with E-state index < -0.39 is 0 Å². The molecule has 0 N–H and O–H groups in total. The van der Waals surface area contributed by atoms with Crippen molar-refractivity contribution in [1.29, 1.82) is 0 Å². The SMILES string of the molecule is CC(C)Cc1ccnc(-n2c3[c-]c(-c4[c-]c(Oc5cc(C(C)C)ccn5)cnc4)cnc3c3ccccc32)c1.CCc1ccnc(-n2c3[c-]c(-c4[c-]c(Oc5cc(C(C)C)ccn5)cnc4)cnc3c3ccccc32)c1.[Pt+2].[Pt+2]. The van der Waals surface area contributed by atoms with Gasteiger partial charge in [0.05, 0.1) is 11.5 Å². The van der Waals surface area contributed by atoms with Crippen LogP contribution in [0.25, 0.3) is 77.8 Å². The van der Waals surface area contributed by atoms with E-state index in [0.29, 0.717) is 41.0 Å². The first-order chi connectivity index (χ1) is 37.1. The van der Waals surface area contributed by atoms with Crippen LogP contribution in [-0.4, -0.2) is 49.0 Å². The van der Waals surface area contributed by atoms with Crippen molar-refractivity contribution in [3.8, 4) is 57.1 Å². The van der Waals surface area contributed by atoms with Gasteiger partial charge in [0.2, 0.25) is 11.8 Å². The molecule has 0 saturated heterocycles. The average molecular weight is 1390 g/mol. The summed E-state index contributed by atoms with van der Waals surface area (Å²) in [5.74, 6) is 5.01. The molecule has 0 aliphatic carbocycles. The predicted octanol–water partition coefficient (Wildman–Crippen LogP) is 14.8. The molecule has 0 bridgehead atoms. The molecule has 0 aliphatic rings. The molecule has 0 saturated carbocycles. The molecule has 78 heavy (non-hydrogen) atoms. The third kappa shape index (κ3) is 11.7. The third-order valence-corrected chi connectivity index (χ3v) is 13.1. The van der Waals surface area contributed by atoms with Gasteiger partial charge in [0, 0.05) is 59.0 Å². The first-order valence-electron chi connectivity index (χ1n) is 25.6. The third-order valence-electron chi connectivity index (χ3n) is 13.1. The second-order valence-electron chi connectivity index (χ2n) is 19.7. The van der Waals surface area contributed by atoms with Gasteiger partial charge in [-0.15, -0.1) is 12.1 Å². The van der Waals surface area contributed by atoms with E-state index >= 15 is 0 Å². The van der Waals surface area contributed by atoms with Crippen molar-refractivity contribution in [1.82, 2.24) is 49.0 Å². The van der Waals surface area contributed by atoms with Crippen LogP contribution < -0.4 is 9.47 Å². The topological polar surface area (TPSA) is 131 Å². The molecule has 14 heteroatoms. The fraction of sp³-hybridized carbons (Fsp3) is 0.188. The summed E-state index contributed by atoms with van der Waals surface area (Å²) in [5, 5.41) is 2.11. The summed E-state index contributed by atoms with van der Waals surface area (Å²) in [7, 11) is 0. The zero-order valence-corrected chi connectivity index (χ0v) is 48.6. The number of ether oxygens (including phenoxy) is 2. The van der Waals surface area contributed by atoms with Gasteiger partial charge in [-0.25, -0.2) is 42.2 Å². The number of hydrogen-bond acceptors (Lipinski definition) is 10. The fourth-order valence-corrected chi connectivity index (χ4v) is 9.28. The second-order valence-corrected chi connectivity index (χ2v) is 19.7. The minimum absolute atomic E-state index is 0. The van der Waals surface area contributed by atoms with Crippen molar-refractivity contribution >= 4 is 43.9 Å². The van der Waals surface area contributed by atoms with E-state index in [0.717, 1.165) is 102 Å². The summed E-state index contributed by atoms with van der Waals surface area (Å²) < 4.78 is 16.3. The predicted molar refractivity (Wildman–Crippen MR) is 299 cm³/mol. The number of rotatable bonds is 13. The maximum absolute atomic E-state index is 6.03. The van der Waals surface area contributed by atoms with Crippen LogP contribution in [0.4, 0.5) is 0 Å². The van der Waals surface area contributed by atoms with Crippen LogP contribution in [0.5, 0.6) is 23.3 Å². The maximum Gasteiger partial charge on any atom is 2.00 e. The molecule has 10 aromatic heterocycles. The molecular weight excluding hydrogens is 1330 g/mol. The summed E-state index contributed by atoms with van der Waals surface area (Å²) in [5.41, 5.74) is 13.3. The summed E-state index contributed by atoms with van der Waals surface area (Å²) in [6.45, 7) is 15.2. The largest absolute Gasteiger partial charge is 2.00 e. The minimum Gasteiger partial charge on any atom is -0.458 e. The fourth-order valence-electron chi connectivity index (χ4n) is 9.28. The van der Waals surface area contributed by atoms with Crippen molar-refractivity contribution in [2.75, 3.05) is 0 Å². The molecule has 12 nitrogen and oxygen atoms in total. The van der Waals surface area contributed by atoms with Crippen LogP contribution in [0.15, 0.2) is 159 Å². The second kappa shape index (κ2) is 24.3. The average Bonchev–Trinajstić information content (AvgIpc) is 4.14. The molecule has 0 atom stereocenters. The maximum atomic E-state index is 6.03. The Bertz CT molecular complexity index is 4060. The number of hydrogen-bond donors (Lipinski definition) is 0. The number of aryl methyl sites for hydroxylation is 1. The van der Waals surface area contributed by atoms with Crippen LogP contribution in [0, 0.1) is 30.2 Å². The Hall–Kier alpha value is -7.78. The summed E-state index contributed by atoms with van der Waals surface area (Å²) in [4.78, 5) is 36.6. The van der Waals surface area contributed by atoms with Gasteiger partial charge in [-0.3, -0.25) is 0 Å². The molecule has 0 fully saturated rings. The summed E-state index contributed by atoms with van der Waals surface area (Å²) in [6, 6.07) is 46.6. The molecule has 2 aromatic carbocycles. The molecular formula is C64H54N10O2Pt2. The van der Waals surface area contributed by atoms with E-state index in [1.807, 2.05) is 79.4 Å². The van der Waals surface area contributed by atoms with Crippen LogP contribution in [0.2, 0.25) is 0 Å². The number of aromatic nitrogens is 10. The Balaban J connectivity index is 0.000000185. The Labute approximate surface area is 483 Å². The normalized spacial score (nSPS) is 11.3. The quantitative estimate of drug-likeness (QED) is 0.103. The molecule has 10 heterocycles. The molecule has 392 valence electrons. The van der Waals surface area contributed by atoms with Crippen LogP contribution >= 0.6 is 0 Å². The van der Waals surface area contributed by atoms with Gasteiger partial charge in [0.25, 0.3) is 0 Å². The van der Waals surface area contributed by atoms with Gasteiger partial charge in [-0.2, -0.15) is 12.1 Å². The smallest absolute Gasteiger partial charge is 0.458 e. The monoisotopic (exact) mass is 1380 g/mol. The number of pyridine rings is 8. The standard InChI is InChI=1S/C33H29N5O.C31H25N5O.2Pt/c1-21(2)13-23-9-11-35-31(14-23)38-29-8-6-5-7-28(29)33-30(38)16-26(19-37-33)25-15-27(20-34-18-25)39-32-17-24(22(3)4)10-12-36-32;1-4-21-9-11-33-29(13-21)36-27-8-6-5-7-26(27)31-28(36)15-24(18-35-31)23-14-25(19-32-17-23)37-30-16-22(20(2)3)10-12-34-30;;/h5-12,14,17-22H,13H2,1-4H3;5-13,16-20H,4H2,1-3H3;;/q2*-2;2*+2. The zero-order chi connectivity index (χ0) is 52.3. The van der Waals surface area contributed by atoms with Crippen LogP contribution in [0.3, 0.4) is 0 Å². The van der Waals surface area contributed by atoms with Gasteiger partial charge >= 0.3 is 42.1 Å². The van der Waals surface area contributed by atoms with Crippen molar-refractivity contribution in [3.05, 3.63) is 206 Å². The Morgan fingerprint density at radius 2 is 0.897 bits per heavy atom. The summed E-state index contributed by atoms with van der Waals surface area (Å²) in [6.07, 6.45) is 19.6. The minimum atomic E-state index is 0. The molecule has 0 amide bonds. The van der Waals surface area contributed by atoms with Crippen molar-refractivity contribution < 1.29 is 51.6 Å². The van der Waals surface area contributed by atoms with Crippen LogP contribution in [-0.2, 0) is 55.0 Å². The van der Waals surface area contributed by atoms with Gasteiger partial charge in [0.15, 0.2) is 0 Å². The van der Waals surface area contributed by atoms with Gasteiger partial charge in [-0.1, -0.05) is 110 Å². The number of nitrogens with zero attached hydrogens (tertiary/aromatic N) is 10. The van der Waals surface area contributed by atoms with E-state index in [9.17, 15) is 0 Å². The van der Waals surface area contributed by atoms with E-state index in [2.05, 4.69) is 149 Å². The zero-order valence-electron chi connectivity index (χ0n) is 44.1.